The van der Waals surface area contributed by atoms with Gasteiger partial charge in [0.05, 0.1) is 17.3 Å². The fourth-order valence-electron chi connectivity index (χ4n) is 3.04. The number of fused-ring (bicyclic) bond motifs is 1. The van der Waals surface area contributed by atoms with Crippen LogP contribution in [0, 0.1) is 11.8 Å². The SMILES string of the molecule is CC1CN(CC2CCOCC2)c2ccccc2NC1=O. The zero-order valence-electron chi connectivity index (χ0n) is 12.0. The highest BCUT2D eigenvalue weighted by Crippen LogP contribution is 2.31. The fourth-order valence-corrected chi connectivity index (χ4v) is 3.04. The molecular weight excluding hydrogens is 252 g/mol. The number of para-hydroxylation sites is 2. The molecule has 1 fully saturated rings. The molecular formula is C16H22N2O2. The van der Waals surface area contributed by atoms with E-state index in [1.54, 1.807) is 0 Å². The van der Waals surface area contributed by atoms with Gasteiger partial charge in [0.25, 0.3) is 0 Å². The van der Waals surface area contributed by atoms with E-state index in [-0.39, 0.29) is 11.8 Å². The van der Waals surface area contributed by atoms with Crippen molar-refractivity contribution < 1.29 is 9.53 Å². The minimum atomic E-state index is 0.0160. The topological polar surface area (TPSA) is 41.6 Å². The predicted molar refractivity (Wildman–Crippen MR) is 80.0 cm³/mol. The Bertz CT molecular complexity index is 483. The summed E-state index contributed by atoms with van der Waals surface area (Å²) in [7, 11) is 0. The first-order valence-corrected chi connectivity index (χ1v) is 7.46. The standard InChI is InChI=1S/C16H22N2O2/c1-12-10-18(11-13-6-8-20-9-7-13)15-5-3-2-4-14(15)17-16(12)19/h2-5,12-13H,6-11H2,1H3,(H,17,19). The smallest absolute Gasteiger partial charge is 0.229 e. The summed E-state index contributed by atoms with van der Waals surface area (Å²) in [6, 6.07) is 8.11. The van der Waals surface area contributed by atoms with E-state index < -0.39 is 0 Å². The highest BCUT2D eigenvalue weighted by atomic mass is 16.5. The normalized spacial score (nSPS) is 23.9. The molecule has 2 aliphatic rings. The number of benzene rings is 1. The zero-order chi connectivity index (χ0) is 13.9. The van der Waals surface area contributed by atoms with Crippen molar-refractivity contribution in [2.24, 2.45) is 11.8 Å². The number of ether oxygens (including phenoxy) is 1. The monoisotopic (exact) mass is 274 g/mol. The minimum Gasteiger partial charge on any atom is -0.381 e. The van der Waals surface area contributed by atoms with E-state index in [1.807, 2.05) is 25.1 Å². The molecule has 1 atom stereocenters. The van der Waals surface area contributed by atoms with Crippen LogP contribution in [-0.4, -0.2) is 32.2 Å². The number of carbonyl (C=O) groups excluding carboxylic acids is 1. The van der Waals surface area contributed by atoms with Gasteiger partial charge >= 0.3 is 0 Å². The van der Waals surface area contributed by atoms with Crippen molar-refractivity contribution in [3.8, 4) is 0 Å². The van der Waals surface area contributed by atoms with E-state index in [2.05, 4.69) is 16.3 Å². The molecule has 2 aliphatic heterocycles. The molecule has 0 aliphatic carbocycles. The molecule has 0 spiro atoms. The molecule has 1 aromatic rings. The molecule has 1 aromatic carbocycles. The number of nitrogens with one attached hydrogen (secondary N) is 1. The number of anilines is 2. The zero-order valence-corrected chi connectivity index (χ0v) is 12.0. The Morgan fingerprint density at radius 2 is 2.05 bits per heavy atom. The van der Waals surface area contributed by atoms with Crippen LogP contribution >= 0.6 is 0 Å². The first-order valence-electron chi connectivity index (χ1n) is 7.46. The van der Waals surface area contributed by atoms with E-state index in [9.17, 15) is 4.79 Å². The average molecular weight is 274 g/mol. The number of nitrogens with zero attached hydrogens (tertiary/aromatic N) is 1. The molecule has 1 N–H and O–H groups in total. The summed E-state index contributed by atoms with van der Waals surface area (Å²) in [5, 5.41) is 3.03. The molecule has 0 saturated carbocycles. The van der Waals surface area contributed by atoms with Crippen molar-refractivity contribution in [3.05, 3.63) is 24.3 Å². The second-order valence-electron chi connectivity index (χ2n) is 5.87. The maximum Gasteiger partial charge on any atom is 0.229 e. The van der Waals surface area contributed by atoms with Crippen LogP contribution in [0.3, 0.4) is 0 Å². The lowest BCUT2D eigenvalue weighted by Gasteiger charge is -2.31. The van der Waals surface area contributed by atoms with Crippen LogP contribution in [0.25, 0.3) is 0 Å². The number of amides is 1. The lowest BCUT2D eigenvalue weighted by molar-refractivity contribution is -0.119. The van der Waals surface area contributed by atoms with Crippen molar-refractivity contribution in [1.29, 1.82) is 0 Å². The summed E-state index contributed by atoms with van der Waals surface area (Å²) in [5.41, 5.74) is 2.09. The number of hydrogen-bond acceptors (Lipinski definition) is 3. The van der Waals surface area contributed by atoms with Gasteiger partial charge in [-0.25, -0.2) is 0 Å². The van der Waals surface area contributed by atoms with Crippen molar-refractivity contribution in [2.75, 3.05) is 36.5 Å². The average Bonchev–Trinajstić information content (AvgIpc) is 2.58. The van der Waals surface area contributed by atoms with Crippen LogP contribution < -0.4 is 10.2 Å². The summed E-state index contributed by atoms with van der Waals surface area (Å²) >= 11 is 0. The maximum absolute atomic E-state index is 12.1. The molecule has 4 nitrogen and oxygen atoms in total. The van der Waals surface area contributed by atoms with Crippen molar-refractivity contribution in [2.45, 2.75) is 19.8 Å². The lowest BCUT2D eigenvalue weighted by Crippen LogP contribution is -2.36. The van der Waals surface area contributed by atoms with Gasteiger partial charge in [0, 0.05) is 26.3 Å². The quantitative estimate of drug-likeness (QED) is 0.901. The van der Waals surface area contributed by atoms with Gasteiger partial charge < -0.3 is 15.0 Å². The first-order chi connectivity index (χ1) is 9.74. The summed E-state index contributed by atoms with van der Waals surface area (Å²) < 4.78 is 5.44. The van der Waals surface area contributed by atoms with Gasteiger partial charge in [0.15, 0.2) is 0 Å². The second-order valence-corrected chi connectivity index (χ2v) is 5.87. The number of hydrogen-bond donors (Lipinski definition) is 1. The second kappa shape index (κ2) is 5.83. The van der Waals surface area contributed by atoms with E-state index in [1.165, 1.54) is 0 Å². The third-order valence-corrected chi connectivity index (χ3v) is 4.26. The molecule has 0 aromatic heterocycles. The van der Waals surface area contributed by atoms with Crippen LogP contribution in [0.15, 0.2) is 24.3 Å². The summed E-state index contributed by atoms with van der Waals surface area (Å²) in [4.78, 5) is 14.4. The predicted octanol–water partition coefficient (Wildman–Crippen LogP) is 2.51. The highest BCUT2D eigenvalue weighted by molar-refractivity contribution is 5.97. The van der Waals surface area contributed by atoms with E-state index in [4.69, 9.17) is 4.74 Å². The lowest BCUT2D eigenvalue weighted by atomic mass is 9.99. The summed E-state index contributed by atoms with van der Waals surface area (Å²) in [6.45, 7) is 5.54. The third kappa shape index (κ3) is 2.80. The Hall–Kier alpha value is -1.55. The molecule has 108 valence electrons. The van der Waals surface area contributed by atoms with E-state index >= 15 is 0 Å². The van der Waals surface area contributed by atoms with Crippen LogP contribution in [0.4, 0.5) is 11.4 Å². The Kier molecular flexibility index (Phi) is 3.92. The molecule has 1 saturated heterocycles. The Balaban J connectivity index is 1.82. The Morgan fingerprint density at radius 1 is 1.30 bits per heavy atom. The molecule has 0 radical (unpaired) electrons. The van der Waals surface area contributed by atoms with Crippen LogP contribution in [0.5, 0.6) is 0 Å². The van der Waals surface area contributed by atoms with Gasteiger partial charge in [-0.05, 0) is 30.9 Å². The number of rotatable bonds is 2. The van der Waals surface area contributed by atoms with Crippen molar-refractivity contribution in [3.63, 3.8) is 0 Å². The molecule has 1 amide bonds. The minimum absolute atomic E-state index is 0.0160. The molecule has 20 heavy (non-hydrogen) atoms. The largest absolute Gasteiger partial charge is 0.381 e. The van der Waals surface area contributed by atoms with Gasteiger partial charge in [-0.2, -0.15) is 0 Å². The molecule has 3 rings (SSSR count). The van der Waals surface area contributed by atoms with Crippen LogP contribution in [-0.2, 0) is 9.53 Å². The highest BCUT2D eigenvalue weighted by Gasteiger charge is 2.26. The van der Waals surface area contributed by atoms with Crippen LogP contribution in [0.1, 0.15) is 19.8 Å². The molecule has 4 heteroatoms. The number of carbonyl (C=O) groups is 1. The van der Waals surface area contributed by atoms with Gasteiger partial charge in [-0.3, -0.25) is 4.79 Å². The Labute approximate surface area is 120 Å². The summed E-state index contributed by atoms with van der Waals surface area (Å²) in [5.74, 6) is 0.798. The first kappa shape index (κ1) is 13.4. The molecule has 2 heterocycles. The van der Waals surface area contributed by atoms with Gasteiger partial charge in [-0.1, -0.05) is 19.1 Å². The maximum atomic E-state index is 12.1. The third-order valence-electron chi connectivity index (χ3n) is 4.26. The van der Waals surface area contributed by atoms with Gasteiger partial charge in [-0.15, -0.1) is 0 Å². The summed E-state index contributed by atoms with van der Waals surface area (Å²) in [6.07, 6.45) is 2.24. The fraction of sp³-hybridized carbons (Fsp3) is 0.562. The van der Waals surface area contributed by atoms with Crippen molar-refractivity contribution >= 4 is 17.3 Å². The van der Waals surface area contributed by atoms with Crippen molar-refractivity contribution in [1.82, 2.24) is 0 Å². The van der Waals surface area contributed by atoms with Gasteiger partial charge in [0.2, 0.25) is 5.91 Å². The molecule has 1 unspecified atom stereocenters. The van der Waals surface area contributed by atoms with E-state index in [0.29, 0.717) is 5.92 Å². The van der Waals surface area contributed by atoms with Crippen LogP contribution in [0.2, 0.25) is 0 Å². The molecule has 0 bridgehead atoms. The van der Waals surface area contributed by atoms with Gasteiger partial charge in [0.1, 0.15) is 0 Å². The Morgan fingerprint density at radius 3 is 2.85 bits per heavy atom. The van der Waals surface area contributed by atoms with E-state index in [0.717, 1.165) is 50.5 Å².